The molecule has 3 aromatic carbocycles. The van der Waals surface area contributed by atoms with Crippen LogP contribution in [-0.4, -0.2) is 292 Å². The third kappa shape index (κ3) is 41.1. The second kappa shape index (κ2) is 62.6. The SMILES string of the molecule is CC(C)[C@H](NC(=O)[C@H](Cc1cnc[nH]1)NC(=O)[C@H](C)NC(=O)[C@H](C)NC(=O)[C@H](CCCCN)NC(=O)[C@H](CCCCN)NC(=O)[C@H](Cc1ccccc1)NC(=O)[C@H](Cc1ccccc1)NC(=O)[C@H](CO)NC(=O)CNC(=O)[C@H](Cc1c[nH]c2ccccc12)NC(=O)CN)C(=O)NCC(=O)N[C@@H](CCCCN)C(=O)N[C@@H](Cc1cnc[nH]1)C(=O)N[C@H](C(=O)NCC(=O)N[C@@H](CCCCN)C(=O)N[C@@H](C)C(N)=O)C(C)C. The summed E-state index contributed by atoms with van der Waals surface area (Å²) < 4.78 is 0. The average molecular weight is 2010 g/mol. The van der Waals surface area contributed by atoms with Crippen molar-refractivity contribution < 1.29 is 96.2 Å². The lowest BCUT2D eigenvalue weighted by Gasteiger charge is -2.28. The van der Waals surface area contributed by atoms with E-state index in [1.54, 1.807) is 101 Å². The Morgan fingerprint density at radius 1 is 0.312 bits per heavy atom. The van der Waals surface area contributed by atoms with Gasteiger partial charge in [-0.3, -0.25) is 91.1 Å². The molecule has 19 amide bonds. The number of primary amides is 1. The molecule has 49 nitrogen and oxygen atoms in total. The minimum absolute atomic E-state index is 0.00438. The van der Waals surface area contributed by atoms with Gasteiger partial charge in [0, 0.05) is 73.0 Å². The van der Waals surface area contributed by atoms with Gasteiger partial charge in [0.15, 0.2) is 0 Å². The molecule has 144 heavy (non-hydrogen) atoms. The summed E-state index contributed by atoms with van der Waals surface area (Å²) in [6, 6.07) is 3.34. The van der Waals surface area contributed by atoms with Gasteiger partial charge in [0.25, 0.3) is 0 Å². The summed E-state index contributed by atoms with van der Waals surface area (Å²) in [6.07, 6.45) is 9.14. The zero-order chi connectivity index (χ0) is 106. The predicted molar refractivity (Wildman–Crippen MR) is 529 cm³/mol. The van der Waals surface area contributed by atoms with Gasteiger partial charge in [0.05, 0.1) is 45.4 Å². The summed E-state index contributed by atoms with van der Waals surface area (Å²) in [7, 11) is 0. The normalized spacial score (nSPS) is 14.3. The quantitative estimate of drug-likeness (QED) is 0.0158. The molecule has 49 heteroatoms. The van der Waals surface area contributed by atoms with Gasteiger partial charge in [-0.1, -0.05) is 107 Å². The average Bonchev–Trinajstić information content (AvgIpc) is 1.69. The first-order valence-corrected chi connectivity index (χ1v) is 48.1. The van der Waals surface area contributed by atoms with E-state index in [-0.39, 0.29) is 96.7 Å². The summed E-state index contributed by atoms with van der Waals surface area (Å²) in [5, 5.41) is 57.7. The van der Waals surface area contributed by atoms with Crippen LogP contribution < -0.4 is 130 Å². The molecule has 0 spiro atoms. The number of rotatable bonds is 66. The minimum Gasteiger partial charge on any atom is -0.394 e. The van der Waals surface area contributed by atoms with Crippen LogP contribution in [0.25, 0.3) is 10.9 Å². The Morgan fingerprint density at radius 2 is 0.625 bits per heavy atom. The lowest BCUT2D eigenvalue weighted by atomic mass is 10.0. The van der Waals surface area contributed by atoms with Gasteiger partial charge in [0.1, 0.15) is 90.6 Å². The van der Waals surface area contributed by atoms with Gasteiger partial charge in [-0.05, 0) is 159 Å². The van der Waals surface area contributed by atoms with Gasteiger partial charge < -0.3 is 150 Å². The van der Waals surface area contributed by atoms with Crippen molar-refractivity contribution in [1.29, 1.82) is 0 Å². The van der Waals surface area contributed by atoms with Crippen molar-refractivity contribution in [2.75, 3.05) is 59.0 Å². The first kappa shape index (κ1) is 118. The van der Waals surface area contributed by atoms with Crippen LogP contribution in [0.4, 0.5) is 0 Å². The number of aromatic nitrogens is 5. The zero-order valence-electron chi connectivity index (χ0n) is 82.2. The van der Waals surface area contributed by atoms with Crippen LogP contribution in [0.2, 0.25) is 0 Å². The molecule has 3 aromatic heterocycles. The number of unbranched alkanes of at least 4 members (excludes halogenated alkanes) is 4. The zero-order valence-corrected chi connectivity index (χ0v) is 82.2. The number of para-hydroxylation sites is 1. The number of fused-ring (bicyclic) bond motifs is 1. The number of nitrogens with zero attached hydrogens (tertiary/aromatic N) is 2. The van der Waals surface area contributed by atoms with E-state index in [0.717, 1.165) is 10.9 Å². The summed E-state index contributed by atoms with van der Waals surface area (Å²) in [5.41, 5.74) is 37.3. The molecular formula is C95H143N29O20. The number of aromatic amines is 3. The molecule has 34 N–H and O–H groups in total. The van der Waals surface area contributed by atoms with Crippen molar-refractivity contribution in [3.8, 4) is 0 Å². The van der Waals surface area contributed by atoms with Crippen molar-refractivity contribution in [2.45, 2.75) is 248 Å². The highest BCUT2D eigenvalue weighted by Crippen LogP contribution is 2.21. The highest BCUT2D eigenvalue weighted by atomic mass is 16.3. The number of H-pyrrole nitrogens is 3. The van der Waals surface area contributed by atoms with Crippen molar-refractivity contribution in [1.82, 2.24) is 121 Å². The topological polar surface area (TPSA) is 790 Å². The number of imidazole rings is 2. The van der Waals surface area contributed by atoms with Crippen LogP contribution in [0.3, 0.4) is 0 Å². The van der Waals surface area contributed by atoms with Crippen molar-refractivity contribution in [2.24, 2.45) is 46.2 Å². The van der Waals surface area contributed by atoms with Crippen molar-refractivity contribution >= 4 is 123 Å². The third-order valence-corrected chi connectivity index (χ3v) is 23.2. The summed E-state index contributed by atoms with van der Waals surface area (Å²) in [6.45, 7) is 7.63. The lowest BCUT2D eigenvalue weighted by molar-refractivity contribution is -0.136. The van der Waals surface area contributed by atoms with E-state index in [4.69, 9.17) is 34.4 Å². The number of hydrogen-bond acceptors (Lipinski definition) is 27. The number of benzene rings is 3. The number of carbonyl (C=O) groups excluding carboxylic acids is 19. The second-order valence-corrected chi connectivity index (χ2v) is 35.6. The molecule has 788 valence electrons. The molecule has 0 aliphatic heterocycles. The number of hydrogen-bond donors (Lipinski definition) is 28. The van der Waals surface area contributed by atoms with Gasteiger partial charge in [-0.25, -0.2) is 9.97 Å². The van der Waals surface area contributed by atoms with E-state index < -0.39 is 247 Å². The third-order valence-electron chi connectivity index (χ3n) is 23.2. The molecule has 0 unspecified atom stereocenters. The van der Waals surface area contributed by atoms with E-state index in [1.807, 2.05) is 18.2 Å². The number of carbonyl (C=O) groups is 19. The van der Waals surface area contributed by atoms with Crippen LogP contribution >= 0.6 is 0 Å². The maximum Gasteiger partial charge on any atom is 0.245 e. The molecule has 0 saturated carbocycles. The molecule has 0 aliphatic carbocycles. The Hall–Kier alpha value is -14.7. The lowest BCUT2D eigenvalue weighted by Crippen LogP contribution is -2.61. The van der Waals surface area contributed by atoms with E-state index in [1.165, 1.54) is 45.8 Å². The number of nitrogens with two attached hydrogens (primary N) is 6. The molecular weight excluding hydrogens is 1870 g/mol. The second-order valence-electron chi connectivity index (χ2n) is 35.6. The maximum absolute atomic E-state index is 15.0. The van der Waals surface area contributed by atoms with E-state index in [2.05, 4.69) is 121 Å². The number of aliphatic hydroxyl groups excluding tert-OH is 1. The fourth-order valence-electron chi connectivity index (χ4n) is 15.0. The van der Waals surface area contributed by atoms with Gasteiger partial charge in [-0.2, -0.15) is 0 Å². The molecule has 3 heterocycles. The van der Waals surface area contributed by atoms with Gasteiger partial charge in [0.2, 0.25) is 112 Å². The highest BCUT2D eigenvalue weighted by molar-refractivity contribution is 6.02. The molecule has 0 fully saturated rings. The molecule has 0 radical (unpaired) electrons. The maximum atomic E-state index is 15.0. The van der Waals surface area contributed by atoms with Crippen molar-refractivity contribution in [3.63, 3.8) is 0 Å². The number of nitrogens with one attached hydrogen (secondary N) is 21. The molecule has 0 bridgehead atoms. The molecule has 15 atom stereocenters. The molecule has 6 aromatic rings. The summed E-state index contributed by atoms with van der Waals surface area (Å²) in [5.74, 6) is -17.6. The number of aliphatic hydroxyl groups is 1. The minimum atomic E-state index is -1.71. The smallest absolute Gasteiger partial charge is 0.245 e. The summed E-state index contributed by atoms with van der Waals surface area (Å²) >= 11 is 0. The predicted octanol–water partition coefficient (Wildman–Crippen LogP) is -6.93. The molecule has 0 aliphatic rings. The van der Waals surface area contributed by atoms with Gasteiger partial charge >= 0.3 is 0 Å². The number of amides is 19. The van der Waals surface area contributed by atoms with E-state index in [0.29, 0.717) is 66.7 Å². The van der Waals surface area contributed by atoms with E-state index >= 15 is 0 Å². The Labute approximate surface area is 833 Å². The van der Waals surface area contributed by atoms with Crippen LogP contribution in [0.1, 0.15) is 154 Å². The van der Waals surface area contributed by atoms with Crippen LogP contribution in [0, 0.1) is 11.8 Å². The standard InChI is InChI=1S/C95H143N29O20/c1-53(2)79(94(143)107-49-77(128)114-66(31-17-21-35-97)87(136)122-73(42-62-46-103-52-109-62)92(141)124-80(54(3)4)95(144)106-48-76(127)113-65(30-16-20-34-96)85(134)110-55(5)81(101)130)123-91(140)72(41-61-45-102-51-108-61)119-83(132)57(7)111-82(131)56(6)112-86(135)67(32-18-22-36-98)117-88(137)68(33-19-23-37-99)118-89(138)69(38-58-24-10-8-11-25-58)120-90(139)70(39-59-26-12-9-13-27-59)121-93(142)74(50-125)116-78(129)47-105-84(133)71(115-75(126)43-100)40-60-44-104-64-29-15-14-28-63(60)64/h8-15,24-29,44-46,51-57,65-74,79-80,104,125H,16-23,30-43,47-50,96-100H2,1-7H3,(H2,101,130)(H,102,108)(H,103,109)(H,105,133)(H,106,144)(H,107,143)(H,110,134)(H,111,131)(H,112,135)(H,113,127)(H,114,128)(H,115,126)(H,116,129)(H,117,137)(H,118,138)(H,119,132)(H,120,139)(H,121,142)(H,122,136)(H,123,140)(H,124,141)/t55-,56-,57-,65-,66-,67-,68-,69-,70-,71-,72-,73-,74-,79-,80-/m0/s1. The van der Waals surface area contributed by atoms with Gasteiger partial charge in [-0.15, -0.1) is 0 Å². The Bertz CT molecular complexity index is 5190. The first-order valence-electron chi connectivity index (χ1n) is 48.1. The Balaban J connectivity index is 1.09. The summed E-state index contributed by atoms with van der Waals surface area (Å²) in [4.78, 5) is 281. The fraction of sp³-hybridized carbons (Fsp3) is 0.526. The van der Waals surface area contributed by atoms with Crippen LogP contribution in [0.5, 0.6) is 0 Å². The Morgan fingerprint density at radius 3 is 1.01 bits per heavy atom. The highest BCUT2D eigenvalue weighted by Gasteiger charge is 2.39. The first-order chi connectivity index (χ1) is 68.8. The Kier molecular flexibility index (Phi) is 51.3. The van der Waals surface area contributed by atoms with E-state index in [9.17, 15) is 96.2 Å². The fourth-order valence-corrected chi connectivity index (χ4v) is 15.0. The van der Waals surface area contributed by atoms with Crippen LogP contribution in [0.15, 0.2) is 116 Å². The van der Waals surface area contributed by atoms with Crippen LogP contribution in [-0.2, 0) is 123 Å². The molecule has 6 rings (SSSR count). The molecule has 0 saturated heterocycles. The van der Waals surface area contributed by atoms with Crippen molar-refractivity contribution in [3.05, 3.63) is 144 Å². The monoisotopic (exact) mass is 2010 g/mol. The largest absolute Gasteiger partial charge is 0.394 e.